The molecule has 0 amide bonds. The third kappa shape index (κ3) is 3.95. The monoisotopic (exact) mass is 437 g/mol. The lowest BCUT2D eigenvalue weighted by atomic mass is 10.2. The molecule has 0 atom stereocenters. The van der Waals surface area contributed by atoms with Crippen molar-refractivity contribution in [2.75, 3.05) is 24.2 Å². The number of nitrogens with zero attached hydrogens (tertiary/aromatic N) is 7. The SMILES string of the molecule is CSc1ccc(-c2noc(Cn3nc4c(N5CCCCCC5)nccn4c3=O)n2)cc1. The van der Waals surface area contributed by atoms with Gasteiger partial charge in [-0.2, -0.15) is 4.98 Å². The van der Waals surface area contributed by atoms with Crippen LogP contribution in [-0.4, -0.2) is 48.7 Å². The highest BCUT2D eigenvalue weighted by Crippen LogP contribution is 2.22. The number of fused-ring (bicyclic) bond motifs is 1. The maximum Gasteiger partial charge on any atom is 0.350 e. The number of thioether (sulfide) groups is 1. The smallest absolute Gasteiger partial charge is 0.350 e. The normalized spacial score (nSPS) is 14.8. The quantitative estimate of drug-likeness (QED) is 0.440. The minimum atomic E-state index is -0.252. The Labute approximate surface area is 183 Å². The number of aromatic nitrogens is 6. The van der Waals surface area contributed by atoms with E-state index in [-0.39, 0.29) is 12.2 Å². The molecule has 1 aliphatic rings. The highest BCUT2D eigenvalue weighted by Gasteiger charge is 2.19. The van der Waals surface area contributed by atoms with Gasteiger partial charge in [-0.3, -0.25) is 0 Å². The van der Waals surface area contributed by atoms with Gasteiger partial charge in [-0.1, -0.05) is 18.0 Å². The predicted molar refractivity (Wildman–Crippen MR) is 119 cm³/mol. The van der Waals surface area contributed by atoms with E-state index in [1.165, 1.54) is 21.9 Å². The first kappa shape index (κ1) is 19.8. The summed E-state index contributed by atoms with van der Waals surface area (Å²) in [5, 5.41) is 8.61. The van der Waals surface area contributed by atoms with Crippen molar-refractivity contribution in [1.29, 1.82) is 0 Å². The molecule has 0 bridgehead atoms. The number of hydrogen-bond acceptors (Lipinski definition) is 8. The fourth-order valence-corrected chi connectivity index (χ4v) is 4.26. The number of hydrogen-bond donors (Lipinski definition) is 0. The van der Waals surface area contributed by atoms with Gasteiger partial charge in [0.05, 0.1) is 0 Å². The summed E-state index contributed by atoms with van der Waals surface area (Å²) in [6.45, 7) is 1.96. The van der Waals surface area contributed by atoms with E-state index in [1.54, 1.807) is 24.2 Å². The highest BCUT2D eigenvalue weighted by atomic mass is 32.2. The molecule has 4 aromatic rings. The van der Waals surface area contributed by atoms with E-state index < -0.39 is 0 Å². The Balaban J connectivity index is 1.43. The average Bonchev–Trinajstić information content (AvgIpc) is 3.28. The number of anilines is 1. The molecule has 1 aliphatic heterocycles. The molecule has 0 unspecified atom stereocenters. The second kappa shape index (κ2) is 8.54. The van der Waals surface area contributed by atoms with Crippen LogP contribution in [0.3, 0.4) is 0 Å². The van der Waals surface area contributed by atoms with Crippen LogP contribution in [0.1, 0.15) is 31.6 Å². The van der Waals surface area contributed by atoms with Crippen molar-refractivity contribution >= 4 is 23.2 Å². The third-order valence-corrected chi connectivity index (χ3v) is 6.23. The van der Waals surface area contributed by atoms with Crippen LogP contribution in [0.2, 0.25) is 0 Å². The van der Waals surface area contributed by atoms with Gasteiger partial charge in [0.15, 0.2) is 5.82 Å². The first-order valence-corrected chi connectivity index (χ1v) is 11.6. The molecule has 0 radical (unpaired) electrons. The van der Waals surface area contributed by atoms with Crippen LogP contribution >= 0.6 is 11.8 Å². The van der Waals surface area contributed by atoms with Crippen LogP contribution in [0, 0.1) is 0 Å². The van der Waals surface area contributed by atoms with Crippen molar-refractivity contribution in [3.8, 4) is 11.4 Å². The second-order valence-electron chi connectivity index (χ2n) is 7.53. The fourth-order valence-electron chi connectivity index (χ4n) is 3.85. The molecule has 1 aromatic carbocycles. The van der Waals surface area contributed by atoms with Crippen LogP contribution in [0.15, 0.2) is 50.9 Å². The zero-order valence-corrected chi connectivity index (χ0v) is 18.1. The van der Waals surface area contributed by atoms with Gasteiger partial charge in [-0.25, -0.2) is 18.9 Å². The van der Waals surface area contributed by atoms with Gasteiger partial charge in [0.1, 0.15) is 6.54 Å². The Kier molecular flexibility index (Phi) is 5.46. The lowest BCUT2D eigenvalue weighted by Gasteiger charge is -2.20. The Morgan fingerprint density at radius 1 is 1.10 bits per heavy atom. The molecule has 0 saturated carbocycles. The van der Waals surface area contributed by atoms with E-state index in [0.29, 0.717) is 17.4 Å². The average molecular weight is 438 g/mol. The molecule has 0 N–H and O–H groups in total. The maximum absolute atomic E-state index is 12.9. The molecule has 0 spiro atoms. The molecule has 5 rings (SSSR count). The minimum Gasteiger partial charge on any atom is -0.353 e. The van der Waals surface area contributed by atoms with Crippen LogP contribution < -0.4 is 10.6 Å². The van der Waals surface area contributed by atoms with Gasteiger partial charge in [0, 0.05) is 35.9 Å². The van der Waals surface area contributed by atoms with Crippen LogP contribution in [-0.2, 0) is 6.54 Å². The topological polar surface area (TPSA) is 94.4 Å². The van der Waals surface area contributed by atoms with Crippen molar-refractivity contribution in [3.05, 3.63) is 53.0 Å². The molecule has 160 valence electrons. The molecule has 4 heterocycles. The van der Waals surface area contributed by atoms with Crippen LogP contribution in [0.5, 0.6) is 0 Å². The molecular formula is C21H23N7O2S. The van der Waals surface area contributed by atoms with Gasteiger partial charge >= 0.3 is 5.69 Å². The van der Waals surface area contributed by atoms with Crippen molar-refractivity contribution in [1.82, 2.24) is 29.3 Å². The summed E-state index contributed by atoms with van der Waals surface area (Å²) in [6, 6.07) is 7.94. The lowest BCUT2D eigenvalue weighted by molar-refractivity contribution is 0.364. The summed E-state index contributed by atoms with van der Waals surface area (Å²) in [4.78, 5) is 25.3. The summed E-state index contributed by atoms with van der Waals surface area (Å²) in [6.07, 6.45) is 10.0. The summed E-state index contributed by atoms with van der Waals surface area (Å²) >= 11 is 1.67. The molecule has 3 aromatic heterocycles. The Hall–Kier alpha value is -3.14. The third-order valence-electron chi connectivity index (χ3n) is 5.49. The van der Waals surface area contributed by atoms with Crippen molar-refractivity contribution in [3.63, 3.8) is 0 Å². The molecule has 10 heteroatoms. The van der Waals surface area contributed by atoms with Crippen molar-refractivity contribution < 1.29 is 4.52 Å². The first-order chi connectivity index (χ1) is 15.2. The summed E-state index contributed by atoms with van der Waals surface area (Å²) < 4.78 is 8.28. The molecule has 1 saturated heterocycles. The Bertz CT molecular complexity index is 1240. The summed E-state index contributed by atoms with van der Waals surface area (Å²) in [7, 11) is 0. The number of rotatable bonds is 5. The summed E-state index contributed by atoms with van der Waals surface area (Å²) in [5.74, 6) is 1.57. The zero-order chi connectivity index (χ0) is 21.2. The predicted octanol–water partition coefficient (Wildman–Crippen LogP) is 3.09. The standard InChI is InChI=1S/C21H23N7O2S/c1-31-16-8-6-15(7-9-16)18-23-17(30-25-18)14-28-21(29)27-13-10-22-19(20(27)24-28)26-11-4-2-3-5-12-26/h6-10,13H,2-5,11-12,14H2,1H3. The molecule has 31 heavy (non-hydrogen) atoms. The largest absolute Gasteiger partial charge is 0.353 e. The molecular weight excluding hydrogens is 414 g/mol. The highest BCUT2D eigenvalue weighted by molar-refractivity contribution is 7.98. The van der Waals surface area contributed by atoms with Gasteiger partial charge in [-0.15, -0.1) is 16.9 Å². The van der Waals surface area contributed by atoms with E-state index in [9.17, 15) is 4.79 Å². The minimum absolute atomic E-state index is 0.107. The summed E-state index contributed by atoms with van der Waals surface area (Å²) in [5.41, 5.74) is 1.17. The van der Waals surface area contributed by atoms with E-state index in [0.717, 1.165) is 42.2 Å². The fraction of sp³-hybridized carbons (Fsp3) is 0.381. The molecule has 9 nitrogen and oxygen atoms in total. The number of benzene rings is 1. The first-order valence-electron chi connectivity index (χ1n) is 10.4. The van der Waals surface area contributed by atoms with E-state index in [4.69, 9.17) is 4.52 Å². The van der Waals surface area contributed by atoms with Crippen molar-refractivity contribution in [2.45, 2.75) is 37.1 Å². The van der Waals surface area contributed by atoms with Gasteiger partial charge in [0.25, 0.3) is 0 Å². The van der Waals surface area contributed by atoms with Gasteiger partial charge in [0.2, 0.25) is 17.4 Å². The lowest BCUT2D eigenvalue weighted by Crippen LogP contribution is -2.26. The van der Waals surface area contributed by atoms with E-state index in [2.05, 4.69) is 25.1 Å². The van der Waals surface area contributed by atoms with E-state index in [1.807, 2.05) is 30.5 Å². The van der Waals surface area contributed by atoms with Crippen LogP contribution in [0.25, 0.3) is 17.0 Å². The maximum atomic E-state index is 12.9. The zero-order valence-electron chi connectivity index (χ0n) is 17.3. The molecule has 1 fully saturated rings. The molecule has 0 aliphatic carbocycles. The Morgan fingerprint density at radius 3 is 2.61 bits per heavy atom. The van der Waals surface area contributed by atoms with Crippen molar-refractivity contribution in [2.24, 2.45) is 0 Å². The second-order valence-corrected chi connectivity index (χ2v) is 8.41. The van der Waals surface area contributed by atoms with Gasteiger partial charge in [-0.05, 0) is 43.4 Å². The van der Waals surface area contributed by atoms with Crippen LogP contribution in [0.4, 0.5) is 5.82 Å². The van der Waals surface area contributed by atoms with E-state index >= 15 is 0 Å². The Morgan fingerprint density at radius 2 is 1.87 bits per heavy atom. The van der Waals surface area contributed by atoms with Gasteiger partial charge < -0.3 is 9.42 Å².